The van der Waals surface area contributed by atoms with E-state index in [1.54, 1.807) is 7.11 Å². The summed E-state index contributed by atoms with van der Waals surface area (Å²) in [5, 5.41) is 10.3. The number of hydrogen-bond donors (Lipinski definition) is 3. The van der Waals surface area contributed by atoms with E-state index in [2.05, 4.69) is 14.9 Å². The van der Waals surface area contributed by atoms with Gasteiger partial charge in [0.15, 0.2) is 0 Å². The molecular weight excluding hydrogens is 442 g/mol. The summed E-state index contributed by atoms with van der Waals surface area (Å²) in [7, 11) is 1.64. The molecule has 34 heavy (non-hydrogen) atoms. The summed E-state index contributed by atoms with van der Waals surface area (Å²) >= 11 is 0. The zero-order chi connectivity index (χ0) is 24.3. The van der Waals surface area contributed by atoms with Crippen LogP contribution >= 0.6 is 0 Å². The summed E-state index contributed by atoms with van der Waals surface area (Å²) in [5.41, 5.74) is 9.82. The quantitative estimate of drug-likeness (QED) is 0.489. The van der Waals surface area contributed by atoms with Crippen molar-refractivity contribution in [3.8, 4) is 5.75 Å². The number of H-pyrrole nitrogens is 1. The van der Waals surface area contributed by atoms with Crippen LogP contribution in [0.3, 0.4) is 0 Å². The van der Waals surface area contributed by atoms with Gasteiger partial charge in [-0.2, -0.15) is 0 Å². The number of likely N-dealkylation sites (tertiary alicyclic amines) is 1. The van der Waals surface area contributed by atoms with Gasteiger partial charge in [-0.1, -0.05) is 0 Å². The molecule has 3 heterocycles. The molecule has 1 saturated carbocycles. The molecule has 0 radical (unpaired) electrons. The minimum atomic E-state index is -2.62. The number of halogens is 2. The number of aromatic amines is 1. The Balaban J connectivity index is 1.54. The van der Waals surface area contributed by atoms with Crippen LogP contribution in [0.15, 0.2) is 30.6 Å². The average Bonchev–Trinajstić information content (AvgIpc) is 3.26. The van der Waals surface area contributed by atoms with Crippen LogP contribution in [0.4, 0.5) is 14.5 Å². The second-order valence-corrected chi connectivity index (χ2v) is 9.79. The van der Waals surface area contributed by atoms with Gasteiger partial charge in [-0.05, 0) is 55.5 Å². The number of nitrogens with one attached hydrogen (secondary N) is 1. The molecule has 1 spiro atoms. The van der Waals surface area contributed by atoms with Crippen LogP contribution in [0.2, 0.25) is 0 Å². The minimum absolute atomic E-state index is 0.124. The number of nitrogens with two attached hydrogens (primary N) is 1. The second kappa shape index (κ2) is 7.94. The minimum Gasteiger partial charge on any atom is -0.496 e. The van der Waals surface area contributed by atoms with Crippen LogP contribution in [0.5, 0.6) is 5.75 Å². The summed E-state index contributed by atoms with van der Waals surface area (Å²) in [5.74, 6) is -3.01. The third-order valence-electron chi connectivity index (χ3n) is 7.50. The van der Waals surface area contributed by atoms with Crippen LogP contribution in [0, 0.1) is 12.3 Å². The SMILES string of the molecule is COc1cc(C)c2[nH]ccc2c1CN1CCC2(CC1c1cnc(C(=O)O)cc1N)CC(F)(F)C2. The number of piperidine rings is 1. The Morgan fingerprint density at radius 2 is 2.15 bits per heavy atom. The van der Waals surface area contributed by atoms with Gasteiger partial charge in [0.1, 0.15) is 11.4 Å². The first-order valence-corrected chi connectivity index (χ1v) is 11.4. The highest BCUT2D eigenvalue weighted by Crippen LogP contribution is 2.61. The predicted molar refractivity (Wildman–Crippen MR) is 124 cm³/mol. The summed E-state index contributed by atoms with van der Waals surface area (Å²) in [4.78, 5) is 20.9. The number of aryl methyl sites for hydroxylation is 1. The van der Waals surface area contributed by atoms with E-state index in [4.69, 9.17) is 10.5 Å². The van der Waals surface area contributed by atoms with E-state index in [0.29, 0.717) is 37.2 Å². The van der Waals surface area contributed by atoms with Crippen molar-refractivity contribution >= 4 is 22.6 Å². The molecular formula is C25H28F2N4O3. The Morgan fingerprint density at radius 3 is 2.79 bits per heavy atom. The molecule has 1 atom stereocenters. The van der Waals surface area contributed by atoms with Gasteiger partial charge < -0.3 is 20.6 Å². The fourth-order valence-electron chi connectivity index (χ4n) is 5.90. The topological polar surface area (TPSA) is 104 Å². The van der Waals surface area contributed by atoms with Gasteiger partial charge in [0, 0.05) is 65.5 Å². The van der Waals surface area contributed by atoms with E-state index in [0.717, 1.165) is 27.8 Å². The molecule has 1 aromatic carbocycles. The molecule has 9 heteroatoms. The lowest BCUT2D eigenvalue weighted by molar-refractivity contribution is -0.186. The number of aromatic nitrogens is 2. The summed E-state index contributed by atoms with van der Waals surface area (Å²) < 4.78 is 33.5. The molecule has 7 nitrogen and oxygen atoms in total. The van der Waals surface area contributed by atoms with Crippen molar-refractivity contribution in [3.05, 3.63) is 53.0 Å². The number of hydrogen-bond acceptors (Lipinski definition) is 5. The molecule has 5 rings (SSSR count). The van der Waals surface area contributed by atoms with Crippen molar-refractivity contribution in [2.75, 3.05) is 19.4 Å². The zero-order valence-corrected chi connectivity index (χ0v) is 19.2. The number of fused-ring (bicyclic) bond motifs is 1. The monoisotopic (exact) mass is 470 g/mol. The highest BCUT2D eigenvalue weighted by molar-refractivity contribution is 5.88. The number of ether oxygens (including phenoxy) is 1. The van der Waals surface area contributed by atoms with Crippen LogP contribution < -0.4 is 10.5 Å². The molecule has 3 aromatic rings. The standard InChI is InChI=1S/C25H28F2N4O3/c1-14-7-21(34-2)17(15-3-5-29-22(14)15)11-31-6-4-24(12-25(26,27)13-24)9-20(31)16-10-30-19(23(32)33)8-18(16)28/h3,5,7-8,10,20,29H,4,6,9,11-13H2,1-2H3,(H2,28,30)(H,32,33). The number of nitrogens with zero attached hydrogens (tertiary/aromatic N) is 2. The third kappa shape index (κ3) is 3.77. The van der Waals surface area contributed by atoms with Crippen molar-refractivity contribution in [1.82, 2.24) is 14.9 Å². The molecule has 1 aliphatic heterocycles. The van der Waals surface area contributed by atoms with Gasteiger partial charge in [0.2, 0.25) is 5.92 Å². The van der Waals surface area contributed by atoms with Gasteiger partial charge >= 0.3 is 5.97 Å². The van der Waals surface area contributed by atoms with E-state index < -0.39 is 17.3 Å². The second-order valence-electron chi connectivity index (χ2n) is 9.79. The Bertz CT molecular complexity index is 1260. The lowest BCUT2D eigenvalue weighted by Crippen LogP contribution is -2.53. The number of carboxylic acids is 1. The molecule has 180 valence electrons. The normalized spacial score (nSPS) is 21.5. The van der Waals surface area contributed by atoms with Crippen LogP contribution in [-0.4, -0.2) is 45.5 Å². The largest absolute Gasteiger partial charge is 0.496 e. The molecule has 1 saturated heterocycles. The molecule has 2 aliphatic rings. The number of carboxylic acid groups (broad SMARTS) is 1. The highest BCUT2D eigenvalue weighted by Gasteiger charge is 2.58. The predicted octanol–water partition coefficient (Wildman–Crippen LogP) is 4.91. The molecule has 1 aliphatic carbocycles. The van der Waals surface area contributed by atoms with Crippen molar-refractivity contribution in [3.63, 3.8) is 0 Å². The fourth-order valence-corrected chi connectivity index (χ4v) is 5.90. The van der Waals surface area contributed by atoms with Gasteiger partial charge in [-0.25, -0.2) is 18.6 Å². The summed E-state index contributed by atoms with van der Waals surface area (Å²) in [6.45, 7) is 3.17. The van der Waals surface area contributed by atoms with Crippen LogP contribution in [0.25, 0.3) is 10.9 Å². The lowest BCUT2D eigenvalue weighted by atomic mass is 9.59. The number of carbonyl (C=O) groups is 1. The number of methoxy groups -OCH3 is 1. The fraction of sp³-hybridized carbons (Fsp3) is 0.440. The first-order chi connectivity index (χ1) is 16.1. The molecule has 4 N–H and O–H groups in total. The zero-order valence-electron chi connectivity index (χ0n) is 19.2. The number of benzene rings is 1. The molecule has 0 bridgehead atoms. The summed E-state index contributed by atoms with van der Waals surface area (Å²) in [6, 6.07) is 5.10. The van der Waals surface area contributed by atoms with Gasteiger partial charge in [-0.3, -0.25) is 4.90 Å². The first-order valence-electron chi connectivity index (χ1n) is 11.4. The number of aromatic carboxylic acids is 1. The number of anilines is 1. The maximum atomic E-state index is 13.9. The molecule has 2 fully saturated rings. The molecule has 1 unspecified atom stereocenters. The number of pyridine rings is 1. The van der Waals surface area contributed by atoms with Crippen molar-refractivity contribution in [2.24, 2.45) is 5.41 Å². The number of rotatable bonds is 5. The van der Waals surface area contributed by atoms with Crippen LogP contribution in [-0.2, 0) is 6.54 Å². The van der Waals surface area contributed by atoms with Gasteiger partial charge in [-0.15, -0.1) is 0 Å². The molecule has 2 aromatic heterocycles. The Labute approximate surface area is 195 Å². The maximum absolute atomic E-state index is 13.9. The molecule has 0 amide bonds. The highest BCUT2D eigenvalue weighted by atomic mass is 19.3. The lowest BCUT2D eigenvalue weighted by Gasteiger charge is -2.54. The number of alkyl halides is 2. The van der Waals surface area contributed by atoms with E-state index in [9.17, 15) is 18.7 Å². The Hall–Kier alpha value is -3.20. The smallest absolute Gasteiger partial charge is 0.354 e. The summed E-state index contributed by atoms with van der Waals surface area (Å²) in [6.07, 6.45) is 4.33. The average molecular weight is 471 g/mol. The van der Waals surface area contributed by atoms with Gasteiger partial charge in [0.25, 0.3) is 0 Å². The number of nitrogen functional groups attached to an aromatic ring is 1. The van der Waals surface area contributed by atoms with E-state index in [-0.39, 0.29) is 24.6 Å². The maximum Gasteiger partial charge on any atom is 0.354 e. The third-order valence-corrected chi connectivity index (χ3v) is 7.50. The first kappa shape index (κ1) is 22.6. The van der Waals surface area contributed by atoms with E-state index in [1.165, 1.54) is 12.3 Å². The van der Waals surface area contributed by atoms with E-state index >= 15 is 0 Å². The Kier molecular flexibility index (Phi) is 5.27. The van der Waals surface area contributed by atoms with Gasteiger partial charge in [0.05, 0.1) is 7.11 Å². The van der Waals surface area contributed by atoms with E-state index in [1.807, 2.05) is 25.3 Å². The van der Waals surface area contributed by atoms with Crippen molar-refractivity contribution < 1.29 is 23.4 Å². The van der Waals surface area contributed by atoms with Crippen molar-refractivity contribution in [2.45, 2.75) is 51.1 Å². The van der Waals surface area contributed by atoms with Crippen LogP contribution in [0.1, 0.15) is 58.9 Å². The Morgan fingerprint density at radius 1 is 1.38 bits per heavy atom. The van der Waals surface area contributed by atoms with Crippen molar-refractivity contribution in [1.29, 1.82) is 0 Å².